The fourth-order valence-electron chi connectivity index (χ4n) is 0.656. The lowest BCUT2D eigenvalue weighted by Crippen LogP contribution is -1.74. The molecule has 6 nitrogen and oxygen atoms in total. The van der Waals surface area contributed by atoms with Gasteiger partial charge in [-0.1, -0.05) is 0 Å². The number of nitrogens with zero attached hydrogens (tertiary/aromatic N) is 5. The van der Waals surface area contributed by atoms with E-state index < -0.39 is 0 Å². The second-order valence-corrected chi connectivity index (χ2v) is 1.74. The van der Waals surface area contributed by atoms with Crippen molar-refractivity contribution in [3.63, 3.8) is 0 Å². The number of hydrogen-bond acceptors (Lipinski definition) is 6. The Morgan fingerprint density at radius 1 is 1.08 bits per heavy atom. The maximum absolute atomic E-state index is 8.17. The van der Waals surface area contributed by atoms with Gasteiger partial charge in [-0.15, -0.1) is 5.10 Å². The van der Waals surface area contributed by atoms with E-state index in [-0.39, 0.29) is 0 Å². The highest BCUT2D eigenvalue weighted by molar-refractivity contribution is 6.80. The fourth-order valence-corrected chi connectivity index (χ4v) is 0.656. The summed E-state index contributed by atoms with van der Waals surface area (Å²) >= 11 is 0. The SMILES string of the molecule is N#C/N=C1\C(=C=NN)\C1=N/C#N. The Bertz CT molecular complexity index is 374. The summed E-state index contributed by atoms with van der Waals surface area (Å²) in [5.41, 5.74) is 1.07. The monoisotopic (exact) mass is 158 g/mol. The third-order valence-corrected chi connectivity index (χ3v) is 1.14. The van der Waals surface area contributed by atoms with Crippen LogP contribution in [0, 0.1) is 22.9 Å². The number of hydrogen-bond donors (Lipinski definition) is 1. The van der Waals surface area contributed by atoms with E-state index in [1.807, 2.05) is 0 Å². The molecular weight excluding hydrogens is 156 g/mol. The molecule has 0 aromatic carbocycles. The third-order valence-electron chi connectivity index (χ3n) is 1.14. The summed E-state index contributed by atoms with van der Waals surface area (Å²) in [6, 6.07) is 0. The summed E-state index contributed by atoms with van der Waals surface area (Å²) in [7, 11) is 0. The smallest absolute Gasteiger partial charge is 0.206 e. The van der Waals surface area contributed by atoms with E-state index in [1.165, 1.54) is 0 Å². The third kappa shape index (κ3) is 1.19. The van der Waals surface area contributed by atoms with E-state index in [0.717, 1.165) is 0 Å². The second kappa shape index (κ2) is 3.11. The summed E-state index contributed by atoms with van der Waals surface area (Å²) in [6.45, 7) is 0. The molecule has 1 fully saturated rings. The van der Waals surface area contributed by atoms with Crippen LogP contribution in [0.3, 0.4) is 0 Å². The first-order valence-corrected chi connectivity index (χ1v) is 2.82. The van der Waals surface area contributed by atoms with Crippen molar-refractivity contribution in [3.8, 4) is 12.4 Å². The molecule has 1 saturated carbocycles. The highest BCUT2D eigenvalue weighted by atomic mass is 15.1. The Hall–Kier alpha value is -2.43. The molecule has 1 rings (SSSR count). The van der Waals surface area contributed by atoms with E-state index in [2.05, 4.69) is 21.0 Å². The summed E-state index contributed by atoms with van der Waals surface area (Å²) in [5.74, 6) is 7.15. The zero-order valence-corrected chi connectivity index (χ0v) is 5.81. The average Bonchev–Trinajstić information content (AvgIpc) is 2.67. The van der Waals surface area contributed by atoms with E-state index in [9.17, 15) is 0 Å². The number of rotatable bonds is 0. The van der Waals surface area contributed by atoms with Gasteiger partial charge in [-0.3, -0.25) is 0 Å². The first kappa shape index (κ1) is 7.67. The van der Waals surface area contributed by atoms with E-state index in [1.54, 1.807) is 12.4 Å². The molecule has 0 aliphatic heterocycles. The molecule has 1 aliphatic rings. The second-order valence-electron chi connectivity index (χ2n) is 1.74. The largest absolute Gasteiger partial charge is 0.315 e. The lowest BCUT2D eigenvalue weighted by Gasteiger charge is -1.56. The number of aliphatic imine (C=N–C) groups is 2. The predicted molar refractivity (Wildman–Crippen MR) is 41.2 cm³/mol. The van der Waals surface area contributed by atoms with Gasteiger partial charge in [-0.25, -0.2) is 0 Å². The molecule has 12 heavy (non-hydrogen) atoms. The molecule has 2 N–H and O–H groups in total. The minimum absolute atomic E-state index is 0.327. The first-order valence-electron chi connectivity index (χ1n) is 2.82. The zero-order valence-electron chi connectivity index (χ0n) is 5.81. The normalized spacial score (nSPS) is 19.7. The lowest BCUT2D eigenvalue weighted by atomic mass is 10.7. The van der Waals surface area contributed by atoms with E-state index in [0.29, 0.717) is 17.0 Å². The molecule has 0 unspecified atom stereocenters. The summed E-state index contributed by atoms with van der Waals surface area (Å²) in [5, 5.41) is 19.4. The molecule has 56 valence electrons. The van der Waals surface area contributed by atoms with Crippen molar-refractivity contribution in [2.24, 2.45) is 20.9 Å². The van der Waals surface area contributed by atoms with Gasteiger partial charge in [0.2, 0.25) is 12.4 Å². The van der Waals surface area contributed by atoms with Crippen LogP contribution < -0.4 is 5.84 Å². The number of hydrazone groups is 1. The van der Waals surface area contributed by atoms with Crippen molar-refractivity contribution >= 4 is 17.3 Å². The Morgan fingerprint density at radius 2 is 1.58 bits per heavy atom. The number of allylic oxidation sites excluding steroid dienone is 1. The molecule has 1 aliphatic carbocycles. The van der Waals surface area contributed by atoms with Crippen LogP contribution in [-0.2, 0) is 0 Å². The van der Waals surface area contributed by atoms with Crippen molar-refractivity contribution in [2.45, 2.75) is 0 Å². The van der Waals surface area contributed by atoms with E-state index in [4.69, 9.17) is 16.4 Å². The highest BCUT2D eigenvalue weighted by Gasteiger charge is 2.36. The van der Waals surface area contributed by atoms with Crippen LogP contribution in [0.5, 0.6) is 0 Å². The Labute approximate surface area is 67.6 Å². The molecule has 0 saturated heterocycles. The van der Waals surface area contributed by atoms with Gasteiger partial charge in [-0.2, -0.15) is 20.5 Å². The van der Waals surface area contributed by atoms with E-state index >= 15 is 0 Å². The molecule has 0 radical (unpaired) electrons. The van der Waals surface area contributed by atoms with Crippen molar-refractivity contribution in [1.82, 2.24) is 0 Å². The molecule has 0 heterocycles. The highest BCUT2D eigenvalue weighted by Crippen LogP contribution is 2.18. The summed E-state index contributed by atoms with van der Waals surface area (Å²) in [4.78, 5) is 6.72. The van der Waals surface area contributed by atoms with Gasteiger partial charge >= 0.3 is 0 Å². The van der Waals surface area contributed by atoms with Gasteiger partial charge < -0.3 is 5.84 Å². The van der Waals surface area contributed by atoms with Crippen LogP contribution in [0.25, 0.3) is 0 Å². The van der Waals surface area contributed by atoms with Gasteiger partial charge in [0, 0.05) is 5.87 Å². The standard InChI is InChI=1S/C6H2N6/c7-2-10-5-4(1-12-9)6(5)11-3-8/h9H2/b10-5+,11-6+. The lowest BCUT2D eigenvalue weighted by molar-refractivity contribution is 1.27. The van der Waals surface area contributed by atoms with Crippen molar-refractivity contribution < 1.29 is 0 Å². The maximum Gasteiger partial charge on any atom is 0.206 e. The van der Waals surface area contributed by atoms with Gasteiger partial charge in [0.15, 0.2) is 0 Å². The first-order chi connectivity index (χ1) is 5.85. The van der Waals surface area contributed by atoms with Gasteiger partial charge in [0.1, 0.15) is 11.4 Å². The average molecular weight is 158 g/mol. The minimum atomic E-state index is 0.327. The molecular formula is C6H2N6. The molecule has 0 aromatic heterocycles. The quantitative estimate of drug-likeness (QED) is 0.218. The van der Waals surface area contributed by atoms with Crippen LogP contribution in [0.2, 0.25) is 0 Å². The topological polar surface area (TPSA) is 111 Å². The molecule has 0 amide bonds. The van der Waals surface area contributed by atoms with Crippen LogP contribution in [0.1, 0.15) is 0 Å². The number of nitriles is 2. The predicted octanol–water partition coefficient (Wildman–Crippen LogP) is -0.686. The summed E-state index contributed by atoms with van der Waals surface area (Å²) in [6.07, 6.45) is 3.12. The van der Waals surface area contributed by atoms with Crippen LogP contribution >= 0.6 is 0 Å². The Balaban J connectivity index is 3.10. The molecule has 0 aromatic rings. The minimum Gasteiger partial charge on any atom is -0.315 e. The van der Waals surface area contributed by atoms with Gasteiger partial charge in [-0.05, 0) is 0 Å². The van der Waals surface area contributed by atoms with Crippen LogP contribution in [0.4, 0.5) is 0 Å². The van der Waals surface area contributed by atoms with Crippen molar-refractivity contribution in [3.05, 3.63) is 5.57 Å². The van der Waals surface area contributed by atoms with Gasteiger partial charge in [0.05, 0.1) is 5.57 Å². The van der Waals surface area contributed by atoms with Gasteiger partial charge in [0.25, 0.3) is 0 Å². The zero-order chi connectivity index (χ0) is 8.97. The fraction of sp³-hybridized carbons (Fsp3) is 0. The van der Waals surface area contributed by atoms with Crippen LogP contribution in [-0.4, -0.2) is 17.3 Å². The molecule has 6 heteroatoms. The summed E-state index contributed by atoms with van der Waals surface area (Å²) < 4.78 is 0. The van der Waals surface area contributed by atoms with Crippen LogP contribution in [0.15, 0.2) is 20.7 Å². The Kier molecular flexibility index (Phi) is 1.99. The molecule has 0 bridgehead atoms. The maximum atomic E-state index is 8.17. The molecule has 0 atom stereocenters. The number of nitrogens with two attached hydrogens (primary N) is 1. The Morgan fingerprint density at radius 3 is 1.92 bits per heavy atom. The van der Waals surface area contributed by atoms with Crippen molar-refractivity contribution in [2.75, 3.05) is 0 Å². The molecule has 0 spiro atoms. The van der Waals surface area contributed by atoms with Crippen molar-refractivity contribution in [1.29, 1.82) is 10.5 Å².